The number of nitrogens with zero attached hydrogens (tertiary/aromatic N) is 5. The van der Waals surface area contributed by atoms with Crippen molar-refractivity contribution >= 4 is 35.2 Å². The molecule has 0 unspecified atom stereocenters. The molecular weight excluding hydrogens is 467 g/mol. The van der Waals surface area contributed by atoms with Gasteiger partial charge in [0.1, 0.15) is 17.6 Å². The summed E-state index contributed by atoms with van der Waals surface area (Å²) in [5.41, 5.74) is 1.82. The number of carboxylic acid groups (broad SMARTS) is 1. The van der Waals surface area contributed by atoms with Crippen molar-refractivity contribution < 1.29 is 23.8 Å². The topological polar surface area (TPSA) is 122 Å². The van der Waals surface area contributed by atoms with E-state index in [0.29, 0.717) is 17.1 Å². The number of ether oxygens (including phenoxy) is 1. The quantitative estimate of drug-likeness (QED) is 0.482. The smallest absolute Gasteiger partial charge is 0.415 e. The van der Waals surface area contributed by atoms with Crippen molar-refractivity contribution in [1.29, 1.82) is 0 Å². The highest BCUT2D eigenvalue weighted by Gasteiger charge is 2.36. The summed E-state index contributed by atoms with van der Waals surface area (Å²) in [6, 6.07) is 5.68. The van der Waals surface area contributed by atoms with Gasteiger partial charge in [-0.15, -0.1) is 5.10 Å². The highest BCUT2D eigenvalue weighted by atomic mass is 35.5. The number of cyclic esters (lactones) is 1. The first-order valence-electron chi connectivity index (χ1n) is 10.4. The molecule has 0 radical (unpaired) electrons. The molecule has 178 valence electrons. The fourth-order valence-corrected chi connectivity index (χ4v) is 3.98. The Bertz CT molecular complexity index is 1270. The summed E-state index contributed by atoms with van der Waals surface area (Å²) in [5, 5.41) is 16.3. The number of amides is 1. The molecule has 2 N–H and O–H groups in total. The van der Waals surface area contributed by atoms with Crippen molar-refractivity contribution in [3.05, 3.63) is 64.1 Å². The minimum atomic E-state index is -1.22. The zero-order chi connectivity index (χ0) is 24.6. The maximum absolute atomic E-state index is 14.1. The molecule has 0 aliphatic carbocycles. The number of hydrogen-bond acceptors (Lipinski definition) is 7. The van der Waals surface area contributed by atoms with Crippen LogP contribution in [0.25, 0.3) is 0 Å². The largest absolute Gasteiger partial charge is 0.476 e. The summed E-state index contributed by atoms with van der Waals surface area (Å²) in [4.78, 5) is 34.0. The van der Waals surface area contributed by atoms with E-state index in [-0.39, 0.29) is 29.6 Å². The van der Waals surface area contributed by atoms with Gasteiger partial charge >= 0.3 is 12.1 Å². The van der Waals surface area contributed by atoms with Gasteiger partial charge in [-0.2, -0.15) is 4.39 Å². The molecule has 12 heteroatoms. The highest BCUT2D eigenvalue weighted by Crippen LogP contribution is 2.28. The molecule has 4 rings (SSSR count). The summed E-state index contributed by atoms with van der Waals surface area (Å²) in [7, 11) is 1.62. The van der Waals surface area contributed by atoms with Crippen LogP contribution < -0.4 is 10.2 Å². The monoisotopic (exact) mass is 488 g/mol. The Morgan fingerprint density at radius 2 is 2.15 bits per heavy atom. The maximum Gasteiger partial charge on any atom is 0.415 e. The van der Waals surface area contributed by atoms with Gasteiger partial charge in [-0.1, -0.05) is 11.6 Å². The van der Waals surface area contributed by atoms with E-state index in [9.17, 15) is 19.1 Å². The van der Waals surface area contributed by atoms with Crippen LogP contribution >= 0.6 is 11.6 Å². The normalized spacial score (nSPS) is 16.4. The van der Waals surface area contributed by atoms with Crippen molar-refractivity contribution in [2.75, 3.05) is 16.8 Å². The van der Waals surface area contributed by atoms with E-state index in [4.69, 9.17) is 16.3 Å². The number of anilines is 2. The van der Waals surface area contributed by atoms with Gasteiger partial charge in [-0.05, 0) is 43.7 Å². The predicted molar refractivity (Wildman–Crippen MR) is 122 cm³/mol. The molecule has 1 amide bonds. The van der Waals surface area contributed by atoms with Gasteiger partial charge < -0.3 is 15.2 Å². The summed E-state index contributed by atoms with van der Waals surface area (Å²) in [5.74, 6) is -1.46. The first-order chi connectivity index (χ1) is 16.1. The molecule has 3 aromatic rings. The molecule has 0 bridgehead atoms. The number of carbonyl (C=O) groups is 2. The van der Waals surface area contributed by atoms with Crippen LogP contribution in [0.4, 0.5) is 20.7 Å². The molecule has 0 saturated carbocycles. The van der Waals surface area contributed by atoms with Crippen LogP contribution in [0, 0.1) is 12.9 Å². The molecule has 1 fully saturated rings. The number of aromatic nitrogens is 4. The van der Waals surface area contributed by atoms with E-state index in [1.165, 1.54) is 21.7 Å². The third-order valence-corrected chi connectivity index (χ3v) is 5.58. The Kier molecular flexibility index (Phi) is 6.38. The number of hydrogen-bond donors (Lipinski definition) is 2. The molecule has 1 aliphatic rings. The van der Waals surface area contributed by atoms with Crippen LogP contribution in [0.15, 0.2) is 30.5 Å². The molecule has 0 spiro atoms. The molecule has 34 heavy (non-hydrogen) atoms. The Morgan fingerprint density at radius 3 is 2.82 bits per heavy atom. The third kappa shape index (κ3) is 4.79. The lowest BCUT2D eigenvalue weighted by Crippen LogP contribution is -2.36. The lowest BCUT2D eigenvalue weighted by atomic mass is 10.1. The molecule has 10 nitrogen and oxygen atoms in total. The van der Waals surface area contributed by atoms with Gasteiger partial charge in [0.05, 0.1) is 23.5 Å². The number of carboxylic acids is 1. The molecule has 1 aliphatic heterocycles. The zero-order valence-electron chi connectivity index (χ0n) is 18.6. The SMILES string of the molecule is Cc1cc([C@@H](C)Nc2ccc(Cl)nc2C(=O)O)nc(N2C(=O)OC[C@@H]2Cc2cn(C)nc2F)c1. The average Bonchev–Trinajstić information content (AvgIpc) is 3.29. The fraction of sp³-hybridized carbons (Fsp3) is 0.318. The Morgan fingerprint density at radius 1 is 1.38 bits per heavy atom. The first kappa shape index (κ1) is 23.4. The Labute approximate surface area is 199 Å². The molecule has 4 heterocycles. The van der Waals surface area contributed by atoms with Crippen LogP contribution in [0.5, 0.6) is 0 Å². The molecular formula is C22H22ClFN6O4. The van der Waals surface area contributed by atoms with Crippen LogP contribution in [-0.2, 0) is 18.2 Å². The summed E-state index contributed by atoms with van der Waals surface area (Å²) >= 11 is 5.83. The van der Waals surface area contributed by atoms with Gasteiger partial charge in [0.2, 0.25) is 5.95 Å². The Hall–Kier alpha value is -3.73. The molecule has 1 saturated heterocycles. The highest BCUT2D eigenvalue weighted by molar-refractivity contribution is 6.29. The number of rotatable bonds is 7. The summed E-state index contributed by atoms with van der Waals surface area (Å²) < 4.78 is 20.7. The zero-order valence-corrected chi connectivity index (χ0v) is 19.4. The van der Waals surface area contributed by atoms with Crippen LogP contribution in [0.1, 0.15) is 40.3 Å². The van der Waals surface area contributed by atoms with E-state index in [1.54, 1.807) is 26.2 Å². The van der Waals surface area contributed by atoms with Gasteiger partial charge in [-0.3, -0.25) is 9.58 Å². The standard InChI is InChI=1S/C22H22ClFN6O4/c1-11-6-16(12(2)25-15-4-5-17(23)27-19(15)21(31)32)26-18(7-11)30-14(10-34-22(30)33)8-13-9-29(3)28-20(13)24/h4-7,9,12,14,25H,8,10H2,1-3H3,(H,31,32)/t12-,14+/m1/s1. The predicted octanol–water partition coefficient (Wildman–Crippen LogP) is 3.75. The van der Waals surface area contributed by atoms with Crippen molar-refractivity contribution in [2.24, 2.45) is 7.05 Å². The van der Waals surface area contributed by atoms with Gasteiger partial charge in [0.25, 0.3) is 0 Å². The number of nitrogens with one attached hydrogen (secondary N) is 1. The van der Waals surface area contributed by atoms with Gasteiger partial charge in [-0.25, -0.2) is 19.6 Å². The number of aromatic carboxylic acids is 1. The maximum atomic E-state index is 14.1. The second-order valence-corrected chi connectivity index (χ2v) is 8.44. The molecule has 2 atom stereocenters. The lowest BCUT2D eigenvalue weighted by Gasteiger charge is -2.23. The van der Waals surface area contributed by atoms with Crippen LogP contribution in [-0.4, -0.2) is 49.6 Å². The number of aryl methyl sites for hydroxylation is 2. The van der Waals surface area contributed by atoms with E-state index < -0.39 is 30.1 Å². The average molecular weight is 489 g/mol. The van der Waals surface area contributed by atoms with E-state index in [0.717, 1.165) is 5.56 Å². The minimum Gasteiger partial charge on any atom is -0.476 e. The van der Waals surface area contributed by atoms with Gasteiger partial charge in [0.15, 0.2) is 5.69 Å². The van der Waals surface area contributed by atoms with E-state index in [2.05, 4.69) is 20.4 Å². The minimum absolute atomic E-state index is 0.0650. The van der Waals surface area contributed by atoms with E-state index >= 15 is 0 Å². The summed E-state index contributed by atoms with van der Waals surface area (Å²) in [6.45, 7) is 3.74. The molecule has 0 aromatic carbocycles. The van der Waals surface area contributed by atoms with Crippen molar-refractivity contribution in [1.82, 2.24) is 19.7 Å². The lowest BCUT2D eigenvalue weighted by molar-refractivity contribution is 0.0691. The van der Waals surface area contributed by atoms with Gasteiger partial charge in [0, 0.05) is 25.2 Å². The number of halogens is 2. The van der Waals surface area contributed by atoms with Crippen molar-refractivity contribution in [3.63, 3.8) is 0 Å². The summed E-state index contributed by atoms with van der Waals surface area (Å²) in [6.07, 6.45) is 1.20. The third-order valence-electron chi connectivity index (χ3n) is 5.37. The van der Waals surface area contributed by atoms with Crippen molar-refractivity contribution in [3.8, 4) is 0 Å². The fourth-order valence-electron chi connectivity index (χ4n) is 3.84. The number of pyridine rings is 2. The van der Waals surface area contributed by atoms with Crippen LogP contribution in [0.2, 0.25) is 5.15 Å². The first-order valence-corrected chi connectivity index (χ1v) is 10.8. The second-order valence-electron chi connectivity index (χ2n) is 8.05. The van der Waals surface area contributed by atoms with Crippen molar-refractivity contribution in [2.45, 2.75) is 32.4 Å². The second kappa shape index (κ2) is 9.26. The number of carbonyl (C=O) groups excluding carboxylic acids is 1. The van der Waals surface area contributed by atoms with E-state index in [1.807, 2.05) is 13.0 Å². The Balaban J connectivity index is 1.61. The van der Waals surface area contributed by atoms with Crippen LogP contribution in [0.3, 0.4) is 0 Å². The molecule has 3 aromatic heterocycles.